The Hall–Kier alpha value is -3.49. The number of H-pyrrole nitrogens is 1. The first kappa shape index (κ1) is 23.3. The molecular formula is C27H30FN5O2. The second kappa shape index (κ2) is 9.64. The summed E-state index contributed by atoms with van der Waals surface area (Å²) in [4.78, 5) is 25.4. The number of rotatable bonds is 6. The summed E-state index contributed by atoms with van der Waals surface area (Å²) in [6.07, 6.45) is 5.58. The van der Waals surface area contributed by atoms with Gasteiger partial charge in [0.1, 0.15) is 11.5 Å². The fourth-order valence-corrected chi connectivity index (χ4v) is 4.66. The Kier molecular flexibility index (Phi) is 6.40. The van der Waals surface area contributed by atoms with Gasteiger partial charge >= 0.3 is 0 Å². The molecule has 4 aromatic rings. The number of nitrogens with zero attached hydrogens (tertiary/aromatic N) is 4. The lowest BCUT2D eigenvalue weighted by Crippen LogP contribution is -2.36. The lowest BCUT2D eigenvalue weighted by molar-refractivity contribution is 0.122. The largest absolute Gasteiger partial charge is 0.378 e. The summed E-state index contributed by atoms with van der Waals surface area (Å²) in [6.45, 7) is 5.37. The smallest absolute Gasteiger partial charge is 0.251 e. The Bertz CT molecular complexity index is 1400. The minimum atomic E-state index is -0.306. The van der Waals surface area contributed by atoms with Crippen LogP contribution in [-0.2, 0) is 4.74 Å². The highest BCUT2D eigenvalue weighted by Crippen LogP contribution is 2.30. The standard InChI is InChI=1S/C27H30FN5O2/c1-18-4-5-20(12-24(18)28)25(17-31(2)3)33-7-6-19(13-26(33)34)23-16-30-27-22(23)14-21(15-29-27)32-8-10-35-11-9-32/h4-7,12-16,25H,8-11,17H2,1-3H3,(H,29,30)/t25-/m1/s1. The van der Waals surface area contributed by atoms with E-state index in [0.717, 1.165) is 46.5 Å². The number of aromatic amines is 1. The molecule has 5 rings (SSSR count). The van der Waals surface area contributed by atoms with Gasteiger partial charge < -0.3 is 24.1 Å². The van der Waals surface area contributed by atoms with Gasteiger partial charge in [0.25, 0.3) is 5.56 Å². The van der Waals surface area contributed by atoms with Gasteiger partial charge in [-0.25, -0.2) is 9.37 Å². The number of aromatic nitrogens is 3. The quantitative estimate of drug-likeness (QED) is 0.459. The molecule has 0 radical (unpaired) electrons. The molecule has 0 spiro atoms. The van der Waals surface area contributed by atoms with Crippen LogP contribution in [0.5, 0.6) is 0 Å². The van der Waals surface area contributed by atoms with Gasteiger partial charge in [0.2, 0.25) is 0 Å². The zero-order valence-corrected chi connectivity index (χ0v) is 20.3. The van der Waals surface area contributed by atoms with E-state index in [1.807, 2.05) is 49.7 Å². The van der Waals surface area contributed by atoms with Crippen LogP contribution >= 0.6 is 0 Å². The molecule has 1 atom stereocenters. The van der Waals surface area contributed by atoms with E-state index in [2.05, 4.69) is 20.9 Å². The first-order chi connectivity index (χ1) is 16.9. The Morgan fingerprint density at radius 2 is 1.97 bits per heavy atom. The molecular weight excluding hydrogens is 445 g/mol. The Balaban J connectivity index is 1.52. The summed E-state index contributed by atoms with van der Waals surface area (Å²) in [5.41, 5.74) is 4.79. The number of hydrogen-bond acceptors (Lipinski definition) is 5. The fraction of sp³-hybridized carbons (Fsp3) is 0.333. The minimum absolute atomic E-state index is 0.137. The van der Waals surface area contributed by atoms with Crippen LogP contribution in [0, 0.1) is 12.7 Å². The van der Waals surface area contributed by atoms with Gasteiger partial charge in [0, 0.05) is 49.0 Å². The number of nitrogens with one attached hydrogen (secondary N) is 1. The molecule has 1 N–H and O–H groups in total. The van der Waals surface area contributed by atoms with E-state index >= 15 is 0 Å². The molecule has 8 heteroatoms. The van der Waals surface area contributed by atoms with Gasteiger partial charge in [-0.2, -0.15) is 0 Å². The van der Waals surface area contributed by atoms with E-state index in [9.17, 15) is 9.18 Å². The molecule has 0 amide bonds. The van der Waals surface area contributed by atoms with E-state index in [4.69, 9.17) is 4.74 Å². The zero-order chi connectivity index (χ0) is 24.5. The third-order valence-corrected chi connectivity index (χ3v) is 6.61. The van der Waals surface area contributed by atoms with Crippen molar-refractivity contribution in [2.45, 2.75) is 13.0 Å². The van der Waals surface area contributed by atoms with Gasteiger partial charge in [-0.15, -0.1) is 0 Å². The van der Waals surface area contributed by atoms with Crippen LogP contribution in [0.4, 0.5) is 10.1 Å². The normalized spacial score (nSPS) is 15.2. The molecule has 1 aliphatic heterocycles. The number of morpholine rings is 1. The van der Waals surface area contributed by atoms with Crippen molar-refractivity contribution in [3.8, 4) is 11.1 Å². The highest BCUT2D eigenvalue weighted by molar-refractivity contribution is 5.95. The van der Waals surface area contributed by atoms with Crippen molar-refractivity contribution in [3.63, 3.8) is 0 Å². The first-order valence-corrected chi connectivity index (χ1v) is 11.8. The van der Waals surface area contributed by atoms with Crippen LogP contribution in [0.2, 0.25) is 0 Å². The molecule has 3 aromatic heterocycles. The maximum absolute atomic E-state index is 14.3. The molecule has 182 valence electrons. The second-order valence-electron chi connectivity index (χ2n) is 9.34. The van der Waals surface area contributed by atoms with E-state index in [1.54, 1.807) is 23.6 Å². The van der Waals surface area contributed by atoms with Crippen LogP contribution in [-0.4, -0.2) is 66.4 Å². The average Bonchev–Trinajstić information content (AvgIpc) is 3.28. The van der Waals surface area contributed by atoms with Crippen molar-refractivity contribution in [1.29, 1.82) is 0 Å². The van der Waals surface area contributed by atoms with Crippen LogP contribution < -0.4 is 10.5 Å². The summed E-state index contributed by atoms with van der Waals surface area (Å²) >= 11 is 0. The summed E-state index contributed by atoms with van der Waals surface area (Å²) in [5, 5.41) is 0.969. The number of likely N-dealkylation sites (N-methyl/N-ethyl adjacent to an activating group) is 1. The number of aryl methyl sites for hydroxylation is 1. The topological polar surface area (TPSA) is 66.4 Å². The second-order valence-corrected chi connectivity index (χ2v) is 9.34. The van der Waals surface area contributed by atoms with Gasteiger partial charge in [-0.05, 0) is 55.9 Å². The van der Waals surface area contributed by atoms with Crippen molar-refractivity contribution in [1.82, 2.24) is 19.4 Å². The Labute approximate surface area is 203 Å². The van der Waals surface area contributed by atoms with Crippen LogP contribution in [0.3, 0.4) is 0 Å². The minimum Gasteiger partial charge on any atom is -0.378 e. The summed E-state index contributed by atoms with van der Waals surface area (Å²) in [7, 11) is 3.89. The lowest BCUT2D eigenvalue weighted by Gasteiger charge is -2.28. The van der Waals surface area contributed by atoms with E-state index in [1.165, 1.54) is 6.07 Å². The number of fused-ring (bicyclic) bond motifs is 1. The number of pyridine rings is 2. The maximum Gasteiger partial charge on any atom is 0.251 e. The number of benzene rings is 1. The van der Waals surface area contributed by atoms with E-state index in [0.29, 0.717) is 25.3 Å². The van der Waals surface area contributed by atoms with Crippen molar-refractivity contribution >= 4 is 16.7 Å². The highest BCUT2D eigenvalue weighted by atomic mass is 19.1. The van der Waals surface area contributed by atoms with Gasteiger partial charge in [0.05, 0.1) is 31.1 Å². The first-order valence-electron chi connectivity index (χ1n) is 11.8. The van der Waals surface area contributed by atoms with Crippen LogP contribution in [0.1, 0.15) is 17.2 Å². The highest BCUT2D eigenvalue weighted by Gasteiger charge is 2.19. The summed E-state index contributed by atoms with van der Waals surface area (Å²) in [6, 6.07) is 10.6. The number of ether oxygens (including phenoxy) is 1. The number of anilines is 1. The molecule has 0 unspecified atom stereocenters. The predicted octanol–water partition coefficient (Wildman–Crippen LogP) is 3.83. The third kappa shape index (κ3) is 4.72. The monoisotopic (exact) mass is 475 g/mol. The average molecular weight is 476 g/mol. The van der Waals surface area contributed by atoms with Gasteiger partial charge in [0.15, 0.2) is 0 Å². The molecule has 4 heterocycles. The van der Waals surface area contributed by atoms with Gasteiger partial charge in [-0.1, -0.05) is 12.1 Å². The lowest BCUT2D eigenvalue weighted by atomic mass is 10.0. The number of halogens is 1. The van der Waals surface area contributed by atoms with Crippen molar-refractivity contribution in [2.75, 3.05) is 51.8 Å². The maximum atomic E-state index is 14.3. The summed E-state index contributed by atoms with van der Waals surface area (Å²) in [5.74, 6) is -0.265. The molecule has 35 heavy (non-hydrogen) atoms. The van der Waals surface area contributed by atoms with Crippen molar-refractivity contribution < 1.29 is 9.13 Å². The van der Waals surface area contributed by atoms with Gasteiger partial charge in [-0.3, -0.25) is 4.79 Å². The molecule has 0 aliphatic carbocycles. The molecule has 1 aromatic carbocycles. The molecule has 1 saturated heterocycles. The Morgan fingerprint density at radius 1 is 1.17 bits per heavy atom. The van der Waals surface area contributed by atoms with Crippen molar-refractivity contribution in [3.05, 3.63) is 82.3 Å². The molecule has 0 saturated carbocycles. The molecule has 7 nitrogen and oxygen atoms in total. The summed E-state index contributed by atoms with van der Waals surface area (Å²) < 4.78 is 21.5. The molecule has 0 bridgehead atoms. The van der Waals surface area contributed by atoms with E-state index in [-0.39, 0.29) is 17.4 Å². The SMILES string of the molecule is Cc1ccc([C@@H](CN(C)C)n2ccc(-c3c[nH]c4ncc(N5CCOCC5)cc34)cc2=O)cc1F. The predicted molar refractivity (Wildman–Crippen MR) is 137 cm³/mol. The van der Waals surface area contributed by atoms with Crippen LogP contribution in [0.15, 0.2) is 59.8 Å². The molecule has 1 aliphatic rings. The Morgan fingerprint density at radius 3 is 2.69 bits per heavy atom. The third-order valence-electron chi connectivity index (χ3n) is 6.61. The van der Waals surface area contributed by atoms with E-state index < -0.39 is 0 Å². The fourth-order valence-electron chi connectivity index (χ4n) is 4.66. The van der Waals surface area contributed by atoms with Crippen LogP contribution in [0.25, 0.3) is 22.2 Å². The number of hydrogen-bond donors (Lipinski definition) is 1. The zero-order valence-electron chi connectivity index (χ0n) is 20.3. The molecule has 1 fully saturated rings. The van der Waals surface area contributed by atoms with Crippen molar-refractivity contribution in [2.24, 2.45) is 0 Å².